The lowest BCUT2D eigenvalue weighted by Crippen LogP contribution is -2.49. The monoisotopic (exact) mass is 264 g/mol. The fourth-order valence-corrected chi connectivity index (χ4v) is 2.30. The van der Waals surface area contributed by atoms with Gasteiger partial charge in [0, 0.05) is 0 Å². The zero-order valence-electron chi connectivity index (χ0n) is 11.5. The number of rotatable bonds is 5. The van der Waals surface area contributed by atoms with Crippen molar-refractivity contribution in [2.45, 2.75) is 33.6 Å². The standard InChI is InChI=1S/C15H20O4/c1-14(2,3)15(12(16)17,13(18)19)10-9-11-7-5-4-6-8-11/h4-8H,9-10H2,1-3H3,(H,16,17)(H,18,19). The van der Waals surface area contributed by atoms with Crippen molar-refractivity contribution in [1.29, 1.82) is 0 Å². The summed E-state index contributed by atoms with van der Waals surface area (Å²) in [5, 5.41) is 18.9. The van der Waals surface area contributed by atoms with Crippen molar-refractivity contribution in [3.8, 4) is 0 Å². The van der Waals surface area contributed by atoms with Gasteiger partial charge < -0.3 is 10.2 Å². The van der Waals surface area contributed by atoms with E-state index in [9.17, 15) is 19.8 Å². The largest absolute Gasteiger partial charge is 0.480 e. The van der Waals surface area contributed by atoms with E-state index in [1.54, 1.807) is 20.8 Å². The molecule has 0 unspecified atom stereocenters. The van der Waals surface area contributed by atoms with Crippen LogP contribution in [0.2, 0.25) is 0 Å². The zero-order chi connectivity index (χ0) is 14.7. The lowest BCUT2D eigenvalue weighted by atomic mass is 9.63. The molecule has 0 aliphatic carbocycles. The molecule has 2 N–H and O–H groups in total. The van der Waals surface area contributed by atoms with E-state index in [1.165, 1.54) is 0 Å². The highest BCUT2D eigenvalue weighted by Crippen LogP contribution is 2.43. The molecule has 1 aromatic carbocycles. The zero-order valence-corrected chi connectivity index (χ0v) is 11.5. The average Bonchev–Trinajstić information content (AvgIpc) is 2.28. The van der Waals surface area contributed by atoms with Gasteiger partial charge in [0.25, 0.3) is 0 Å². The molecule has 19 heavy (non-hydrogen) atoms. The van der Waals surface area contributed by atoms with Crippen LogP contribution in [0.5, 0.6) is 0 Å². The molecule has 0 saturated heterocycles. The minimum atomic E-state index is -1.77. The average molecular weight is 264 g/mol. The molecule has 1 aromatic rings. The van der Waals surface area contributed by atoms with Gasteiger partial charge in [0.2, 0.25) is 0 Å². The van der Waals surface area contributed by atoms with Crippen LogP contribution in [0.4, 0.5) is 0 Å². The molecule has 4 nitrogen and oxygen atoms in total. The maximum absolute atomic E-state index is 11.5. The Morgan fingerprint density at radius 2 is 1.47 bits per heavy atom. The number of benzene rings is 1. The molecular formula is C15H20O4. The van der Waals surface area contributed by atoms with Crippen LogP contribution >= 0.6 is 0 Å². The Hall–Kier alpha value is -1.84. The highest BCUT2D eigenvalue weighted by Gasteiger charge is 2.55. The van der Waals surface area contributed by atoms with Crippen molar-refractivity contribution in [3.63, 3.8) is 0 Å². The number of hydrogen-bond donors (Lipinski definition) is 2. The number of carbonyl (C=O) groups is 2. The molecule has 0 heterocycles. The maximum Gasteiger partial charge on any atom is 0.321 e. The second-order valence-electron chi connectivity index (χ2n) is 5.75. The van der Waals surface area contributed by atoms with Crippen molar-refractivity contribution in [2.75, 3.05) is 0 Å². The summed E-state index contributed by atoms with van der Waals surface area (Å²) in [5.41, 5.74) is -1.69. The predicted molar refractivity (Wildman–Crippen MR) is 71.9 cm³/mol. The van der Waals surface area contributed by atoms with E-state index in [2.05, 4.69) is 0 Å². The molecule has 104 valence electrons. The van der Waals surface area contributed by atoms with Gasteiger partial charge >= 0.3 is 11.9 Å². The van der Waals surface area contributed by atoms with Crippen molar-refractivity contribution in [3.05, 3.63) is 35.9 Å². The Morgan fingerprint density at radius 3 is 1.84 bits per heavy atom. The fourth-order valence-electron chi connectivity index (χ4n) is 2.30. The number of hydrogen-bond acceptors (Lipinski definition) is 2. The molecule has 0 radical (unpaired) electrons. The third kappa shape index (κ3) is 2.95. The first-order chi connectivity index (χ1) is 8.72. The third-order valence-corrected chi connectivity index (χ3v) is 3.64. The highest BCUT2D eigenvalue weighted by atomic mass is 16.4. The molecule has 0 atom stereocenters. The van der Waals surface area contributed by atoms with Gasteiger partial charge in [0.15, 0.2) is 5.41 Å². The number of aryl methyl sites for hydroxylation is 1. The summed E-state index contributed by atoms with van der Waals surface area (Å²) in [6.45, 7) is 4.96. The molecular weight excluding hydrogens is 244 g/mol. The first kappa shape index (κ1) is 15.2. The first-order valence-electron chi connectivity index (χ1n) is 6.22. The van der Waals surface area contributed by atoms with Crippen LogP contribution in [-0.4, -0.2) is 22.2 Å². The Labute approximate surface area is 113 Å². The molecule has 0 bridgehead atoms. The van der Waals surface area contributed by atoms with E-state index >= 15 is 0 Å². The highest BCUT2D eigenvalue weighted by molar-refractivity contribution is 5.99. The summed E-state index contributed by atoms with van der Waals surface area (Å²) in [7, 11) is 0. The molecule has 0 amide bonds. The summed E-state index contributed by atoms with van der Waals surface area (Å²) in [4.78, 5) is 23.1. The van der Waals surface area contributed by atoms with Crippen LogP contribution in [0.1, 0.15) is 32.8 Å². The molecule has 0 aliphatic rings. The van der Waals surface area contributed by atoms with Gasteiger partial charge in [0.1, 0.15) is 0 Å². The lowest BCUT2D eigenvalue weighted by Gasteiger charge is -2.37. The van der Waals surface area contributed by atoms with Gasteiger partial charge in [-0.05, 0) is 23.8 Å². The summed E-state index contributed by atoms with van der Waals surface area (Å²) >= 11 is 0. The van der Waals surface area contributed by atoms with E-state index < -0.39 is 22.8 Å². The van der Waals surface area contributed by atoms with E-state index in [1.807, 2.05) is 30.3 Å². The van der Waals surface area contributed by atoms with Crippen LogP contribution in [-0.2, 0) is 16.0 Å². The van der Waals surface area contributed by atoms with E-state index in [0.717, 1.165) is 5.56 Å². The van der Waals surface area contributed by atoms with Crippen molar-refractivity contribution < 1.29 is 19.8 Å². The van der Waals surface area contributed by atoms with Gasteiger partial charge in [0.05, 0.1) is 0 Å². The van der Waals surface area contributed by atoms with Gasteiger partial charge in [-0.15, -0.1) is 0 Å². The molecule has 0 aromatic heterocycles. The smallest absolute Gasteiger partial charge is 0.321 e. The third-order valence-electron chi connectivity index (χ3n) is 3.64. The molecule has 1 rings (SSSR count). The minimum Gasteiger partial charge on any atom is -0.480 e. The second-order valence-corrected chi connectivity index (χ2v) is 5.75. The number of carboxylic acid groups (broad SMARTS) is 2. The molecule has 0 spiro atoms. The topological polar surface area (TPSA) is 74.6 Å². The quantitative estimate of drug-likeness (QED) is 0.802. The summed E-state index contributed by atoms with van der Waals surface area (Å²) in [6, 6.07) is 9.33. The Morgan fingerprint density at radius 1 is 1.00 bits per heavy atom. The van der Waals surface area contributed by atoms with Crippen LogP contribution in [0, 0.1) is 10.8 Å². The predicted octanol–water partition coefficient (Wildman–Crippen LogP) is 2.82. The van der Waals surface area contributed by atoms with Crippen LogP contribution in [0.15, 0.2) is 30.3 Å². The van der Waals surface area contributed by atoms with Crippen LogP contribution < -0.4 is 0 Å². The normalized spacial score (nSPS) is 12.2. The number of carboxylic acids is 2. The molecule has 0 saturated carbocycles. The fraction of sp³-hybridized carbons (Fsp3) is 0.467. The van der Waals surface area contributed by atoms with Crippen molar-refractivity contribution in [1.82, 2.24) is 0 Å². The Balaban J connectivity index is 3.05. The molecule has 4 heteroatoms. The Kier molecular flexibility index (Phi) is 4.35. The number of aliphatic carboxylic acids is 2. The van der Waals surface area contributed by atoms with Crippen LogP contribution in [0.25, 0.3) is 0 Å². The van der Waals surface area contributed by atoms with Crippen molar-refractivity contribution in [2.24, 2.45) is 10.8 Å². The van der Waals surface area contributed by atoms with Crippen molar-refractivity contribution >= 4 is 11.9 Å². The first-order valence-corrected chi connectivity index (χ1v) is 6.22. The van der Waals surface area contributed by atoms with E-state index in [-0.39, 0.29) is 6.42 Å². The summed E-state index contributed by atoms with van der Waals surface area (Å²) in [5.74, 6) is -2.55. The van der Waals surface area contributed by atoms with E-state index in [0.29, 0.717) is 6.42 Å². The summed E-state index contributed by atoms with van der Waals surface area (Å²) in [6.07, 6.45) is 0.502. The lowest BCUT2D eigenvalue weighted by molar-refractivity contribution is -0.174. The second kappa shape index (κ2) is 5.43. The minimum absolute atomic E-state index is 0.0746. The molecule has 0 aliphatic heterocycles. The van der Waals surface area contributed by atoms with Gasteiger partial charge in [-0.25, -0.2) is 0 Å². The molecule has 0 fully saturated rings. The van der Waals surface area contributed by atoms with Gasteiger partial charge in [-0.1, -0.05) is 51.1 Å². The summed E-state index contributed by atoms with van der Waals surface area (Å²) < 4.78 is 0. The SMILES string of the molecule is CC(C)(C)C(CCc1ccccc1)(C(=O)O)C(=O)O. The Bertz CT molecular complexity index is 443. The van der Waals surface area contributed by atoms with Gasteiger partial charge in [-0.3, -0.25) is 9.59 Å². The van der Waals surface area contributed by atoms with Crippen LogP contribution in [0.3, 0.4) is 0 Å². The van der Waals surface area contributed by atoms with E-state index in [4.69, 9.17) is 0 Å². The van der Waals surface area contributed by atoms with Gasteiger partial charge in [-0.2, -0.15) is 0 Å². The maximum atomic E-state index is 11.5.